The Morgan fingerprint density at radius 2 is 2.00 bits per heavy atom. The van der Waals surface area contributed by atoms with E-state index in [2.05, 4.69) is 50.7 Å². The fraction of sp³-hybridized carbons (Fsp3) is 0.258. The zero-order valence-electron chi connectivity index (χ0n) is 22.4. The Bertz CT molecular complexity index is 1570. The Balaban J connectivity index is 1.40. The molecule has 0 amide bonds. The lowest BCUT2D eigenvalue weighted by Crippen LogP contribution is -2.31. The predicted molar refractivity (Wildman–Crippen MR) is 166 cm³/mol. The number of anilines is 1. The minimum absolute atomic E-state index is 0.657. The van der Waals surface area contributed by atoms with Gasteiger partial charge in [0, 0.05) is 18.4 Å². The van der Waals surface area contributed by atoms with Crippen LogP contribution in [0.15, 0.2) is 73.5 Å². The van der Waals surface area contributed by atoms with Gasteiger partial charge in [0.15, 0.2) is 0 Å². The van der Waals surface area contributed by atoms with Crippen LogP contribution >= 0.6 is 22.9 Å². The average molecular weight is 557 g/mol. The van der Waals surface area contributed by atoms with E-state index in [0.29, 0.717) is 11.4 Å². The Kier molecular flexibility index (Phi) is 8.41. The molecule has 5 rings (SSSR count). The van der Waals surface area contributed by atoms with Crippen molar-refractivity contribution in [3.05, 3.63) is 94.8 Å². The van der Waals surface area contributed by atoms with Crippen LogP contribution < -0.4 is 5.32 Å². The van der Waals surface area contributed by atoms with Crippen molar-refractivity contribution < 1.29 is 0 Å². The van der Waals surface area contributed by atoms with E-state index in [1.165, 1.54) is 36.2 Å². The number of aromatic amines is 1. The van der Waals surface area contributed by atoms with Crippen molar-refractivity contribution in [2.24, 2.45) is 0 Å². The number of thiophene rings is 1. The molecule has 0 radical (unpaired) electrons. The number of allylic oxidation sites excluding steroid dienone is 3. The van der Waals surface area contributed by atoms with Gasteiger partial charge in [-0.15, -0.1) is 11.3 Å². The van der Waals surface area contributed by atoms with Gasteiger partial charge in [0.05, 0.1) is 31.8 Å². The van der Waals surface area contributed by atoms with Gasteiger partial charge in [0.1, 0.15) is 11.2 Å². The molecule has 5 heterocycles. The molecule has 0 unspecified atom stereocenters. The summed E-state index contributed by atoms with van der Waals surface area (Å²) < 4.78 is 0.737. The second kappa shape index (κ2) is 12.1. The fourth-order valence-corrected chi connectivity index (χ4v) is 6.00. The number of nitrogens with zero attached hydrogens (tertiary/aromatic N) is 4. The predicted octanol–water partition coefficient (Wildman–Crippen LogP) is 8.13. The first kappa shape index (κ1) is 27.1. The highest BCUT2D eigenvalue weighted by atomic mass is 35.5. The van der Waals surface area contributed by atoms with Gasteiger partial charge in [-0.2, -0.15) is 5.10 Å². The van der Waals surface area contributed by atoms with E-state index in [1.54, 1.807) is 6.20 Å². The number of fused-ring (bicyclic) bond motifs is 1. The summed E-state index contributed by atoms with van der Waals surface area (Å²) in [5.74, 6) is 0. The molecular weight excluding hydrogens is 524 g/mol. The van der Waals surface area contributed by atoms with Gasteiger partial charge in [-0.05, 0) is 92.9 Å². The summed E-state index contributed by atoms with van der Waals surface area (Å²) in [6.45, 7) is 15.6. The second-order valence-corrected chi connectivity index (χ2v) is 11.4. The molecule has 4 aromatic rings. The lowest BCUT2D eigenvalue weighted by atomic mass is 10.0. The van der Waals surface area contributed by atoms with Crippen LogP contribution in [0, 0.1) is 6.92 Å². The molecule has 8 heteroatoms. The number of nitrogens with one attached hydrogen (secondary N) is 2. The van der Waals surface area contributed by atoms with Crippen molar-refractivity contribution in [3.63, 3.8) is 0 Å². The molecule has 1 aliphatic heterocycles. The van der Waals surface area contributed by atoms with Crippen molar-refractivity contribution in [3.8, 4) is 10.6 Å². The molecule has 4 aromatic heterocycles. The van der Waals surface area contributed by atoms with Crippen molar-refractivity contribution in [2.75, 3.05) is 25.0 Å². The number of aromatic nitrogens is 4. The largest absolute Gasteiger partial charge is 0.354 e. The van der Waals surface area contributed by atoms with Crippen molar-refractivity contribution in [1.82, 2.24) is 25.1 Å². The van der Waals surface area contributed by atoms with Gasteiger partial charge in [-0.25, -0.2) is 4.98 Å². The normalized spacial score (nSPS) is 15.1. The third-order valence-electron chi connectivity index (χ3n) is 7.05. The Hall–Kier alpha value is -3.52. The number of hydrogen-bond acceptors (Lipinski definition) is 6. The molecule has 39 heavy (non-hydrogen) atoms. The molecule has 1 saturated heterocycles. The van der Waals surface area contributed by atoms with Gasteiger partial charge >= 0.3 is 0 Å². The summed E-state index contributed by atoms with van der Waals surface area (Å²) in [4.78, 5) is 13.1. The minimum atomic E-state index is 0.657. The van der Waals surface area contributed by atoms with E-state index < -0.39 is 0 Å². The minimum Gasteiger partial charge on any atom is -0.354 e. The number of rotatable bonds is 9. The topological polar surface area (TPSA) is 69.7 Å². The van der Waals surface area contributed by atoms with Gasteiger partial charge in [0.25, 0.3) is 0 Å². The van der Waals surface area contributed by atoms with Crippen LogP contribution in [0.5, 0.6) is 0 Å². The molecule has 1 aliphatic rings. The molecular formula is C31H33ClN6S. The third-order valence-corrected chi connectivity index (χ3v) is 8.29. The van der Waals surface area contributed by atoms with E-state index in [4.69, 9.17) is 16.6 Å². The van der Waals surface area contributed by atoms with Crippen LogP contribution in [0.2, 0.25) is 4.34 Å². The molecule has 0 spiro atoms. The molecule has 1 fully saturated rings. The molecule has 0 atom stereocenters. The zero-order valence-corrected chi connectivity index (χ0v) is 24.0. The fourth-order valence-electron chi connectivity index (χ4n) is 4.90. The average Bonchev–Trinajstić information content (AvgIpc) is 3.58. The monoisotopic (exact) mass is 556 g/mol. The van der Waals surface area contributed by atoms with E-state index in [-0.39, 0.29) is 0 Å². The SMILES string of the molecule is C=C/C(=C\C(=C/C)c1ccc2[nH]nc(C(=C)Nc3ccnc(-c4ccc(Cl)s4)c3C)c2n1)CN1CCCCC1. The van der Waals surface area contributed by atoms with Crippen molar-refractivity contribution >= 4 is 50.9 Å². The summed E-state index contributed by atoms with van der Waals surface area (Å²) >= 11 is 7.67. The lowest BCUT2D eigenvalue weighted by molar-refractivity contribution is 0.248. The third kappa shape index (κ3) is 6.06. The van der Waals surface area contributed by atoms with Gasteiger partial charge < -0.3 is 5.32 Å². The van der Waals surface area contributed by atoms with E-state index in [1.807, 2.05) is 50.3 Å². The summed E-state index contributed by atoms with van der Waals surface area (Å²) in [6.07, 6.45) is 11.9. The van der Waals surface area contributed by atoms with Crippen LogP contribution in [0.3, 0.4) is 0 Å². The number of hydrogen-bond donors (Lipinski definition) is 2. The van der Waals surface area contributed by atoms with Crippen LogP contribution in [-0.2, 0) is 0 Å². The molecule has 0 bridgehead atoms. The van der Waals surface area contributed by atoms with Gasteiger partial charge in [-0.3, -0.25) is 15.0 Å². The summed E-state index contributed by atoms with van der Waals surface area (Å²) in [6, 6.07) is 9.87. The maximum Gasteiger partial charge on any atom is 0.134 e. The highest BCUT2D eigenvalue weighted by Gasteiger charge is 2.16. The molecule has 2 N–H and O–H groups in total. The maximum atomic E-state index is 6.16. The lowest BCUT2D eigenvalue weighted by Gasteiger charge is -2.26. The number of piperidine rings is 1. The first-order chi connectivity index (χ1) is 19.0. The zero-order chi connectivity index (χ0) is 27.4. The number of pyridine rings is 2. The quantitative estimate of drug-likeness (QED) is 0.204. The summed E-state index contributed by atoms with van der Waals surface area (Å²) in [5.41, 5.74) is 8.91. The van der Waals surface area contributed by atoms with E-state index in [9.17, 15) is 0 Å². The van der Waals surface area contributed by atoms with Crippen LogP contribution in [-0.4, -0.2) is 44.7 Å². The van der Waals surface area contributed by atoms with Crippen LogP contribution in [0.1, 0.15) is 43.1 Å². The smallest absolute Gasteiger partial charge is 0.134 e. The van der Waals surface area contributed by atoms with Gasteiger partial charge in [0.2, 0.25) is 0 Å². The summed E-state index contributed by atoms with van der Waals surface area (Å²) in [7, 11) is 0. The van der Waals surface area contributed by atoms with E-state index in [0.717, 1.165) is 68.1 Å². The van der Waals surface area contributed by atoms with E-state index >= 15 is 0 Å². The molecule has 0 aliphatic carbocycles. The highest BCUT2D eigenvalue weighted by Crippen LogP contribution is 2.35. The standard InChI is InChI=1S/C31H33ClN6S/c1-5-22(19-38-16-8-7-9-17-38)18-23(6-2)25-10-11-26-31(35-25)30(37-36-26)21(4)34-24-14-15-33-29(20(24)3)27-12-13-28(32)39-27/h5-6,10-15,18H,1,4,7-9,16-17,19H2,2-3H3,(H,33,34)(H,36,37)/b22-18+,23-6+. The van der Waals surface area contributed by atoms with Gasteiger partial charge in [-0.1, -0.05) is 43.3 Å². The number of halogens is 1. The second-order valence-electron chi connectivity index (χ2n) is 9.71. The molecule has 0 saturated carbocycles. The van der Waals surface area contributed by atoms with Crippen molar-refractivity contribution in [2.45, 2.75) is 33.1 Å². The Morgan fingerprint density at radius 3 is 2.72 bits per heavy atom. The first-order valence-corrected chi connectivity index (χ1v) is 14.4. The van der Waals surface area contributed by atoms with Crippen LogP contribution in [0.25, 0.3) is 32.9 Å². The van der Waals surface area contributed by atoms with Crippen molar-refractivity contribution in [1.29, 1.82) is 0 Å². The number of H-pyrrole nitrogens is 1. The maximum absolute atomic E-state index is 6.16. The molecule has 0 aromatic carbocycles. The van der Waals surface area contributed by atoms with Crippen LogP contribution in [0.4, 0.5) is 5.69 Å². The highest BCUT2D eigenvalue weighted by molar-refractivity contribution is 7.19. The molecule has 200 valence electrons. The number of likely N-dealkylation sites (tertiary alicyclic amines) is 1. The Labute approximate surface area is 238 Å². The summed E-state index contributed by atoms with van der Waals surface area (Å²) in [5, 5.41) is 11.1. The Morgan fingerprint density at radius 1 is 1.18 bits per heavy atom. The molecule has 6 nitrogen and oxygen atoms in total. The first-order valence-electron chi connectivity index (χ1n) is 13.2.